The van der Waals surface area contributed by atoms with Gasteiger partial charge < -0.3 is 11.1 Å². The lowest BCUT2D eigenvalue weighted by molar-refractivity contribution is 0.1000. The second kappa shape index (κ2) is 6.29. The fourth-order valence-electron chi connectivity index (χ4n) is 1.87. The van der Waals surface area contributed by atoms with E-state index in [1.807, 2.05) is 31.2 Å². The minimum absolute atomic E-state index is 0.412. The quantitative estimate of drug-likeness (QED) is 0.868. The summed E-state index contributed by atoms with van der Waals surface area (Å²) in [6.45, 7) is 2.60. The number of nitrogens with two attached hydrogens (primary N) is 1. The third-order valence-corrected chi connectivity index (χ3v) is 3.95. The van der Waals surface area contributed by atoms with Gasteiger partial charge in [0.05, 0.1) is 5.69 Å². The summed E-state index contributed by atoms with van der Waals surface area (Å²) in [5.41, 5.74) is 8.83. The lowest BCUT2D eigenvalue weighted by Gasteiger charge is -2.11. The average molecular weight is 354 g/mol. The van der Waals surface area contributed by atoms with Gasteiger partial charge in [-0.05, 0) is 64.3 Å². The smallest absolute Gasteiger partial charge is 0.248 e. The molecule has 2 aromatic carbocycles. The summed E-state index contributed by atoms with van der Waals surface area (Å²) in [7, 11) is 0. The standard InChI is InChI=1S/C15H14BrClN2O/c1-9-6-10(15(18)20)2-3-11(9)8-19-14-7-12(17)4-5-13(14)16/h2-7,19H,8H2,1H3,(H2,18,20). The van der Waals surface area contributed by atoms with E-state index in [1.54, 1.807) is 12.1 Å². The highest BCUT2D eigenvalue weighted by molar-refractivity contribution is 9.10. The number of hydrogen-bond acceptors (Lipinski definition) is 2. The van der Waals surface area contributed by atoms with Gasteiger partial charge >= 0.3 is 0 Å². The molecule has 20 heavy (non-hydrogen) atoms. The number of primary amides is 1. The molecule has 3 nitrogen and oxygen atoms in total. The van der Waals surface area contributed by atoms with Gasteiger partial charge in [-0.1, -0.05) is 17.7 Å². The first-order valence-electron chi connectivity index (χ1n) is 6.05. The number of halogens is 2. The number of aryl methyl sites for hydroxylation is 1. The van der Waals surface area contributed by atoms with Gasteiger partial charge in [-0.2, -0.15) is 0 Å². The highest BCUT2D eigenvalue weighted by atomic mass is 79.9. The Morgan fingerprint density at radius 1 is 1.30 bits per heavy atom. The Morgan fingerprint density at radius 2 is 2.05 bits per heavy atom. The van der Waals surface area contributed by atoms with Crippen molar-refractivity contribution in [2.75, 3.05) is 5.32 Å². The van der Waals surface area contributed by atoms with Crippen molar-refractivity contribution in [3.63, 3.8) is 0 Å². The van der Waals surface area contributed by atoms with E-state index in [0.717, 1.165) is 21.3 Å². The summed E-state index contributed by atoms with van der Waals surface area (Å²) in [6.07, 6.45) is 0. The van der Waals surface area contributed by atoms with Crippen molar-refractivity contribution >= 4 is 39.1 Å². The molecule has 0 spiro atoms. The minimum atomic E-state index is -0.412. The molecular weight excluding hydrogens is 340 g/mol. The number of rotatable bonds is 4. The van der Waals surface area contributed by atoms with Crippen LogP contribution < -0.4 is 11.1 Å². The van der Waals surface area contributed by atoms with Crippen molar-refractivity contribution in [3.05, 3.63) is 62.6 Å². The minimum Gasteiger partial charge on any atom is -0.380 e. The van der Waals surface area contributed by atoms with Crippen LogP contribution in [0.5, 0.6) is 0 Å². The molecule has 0 radical (unpaired) electrons. The van der Waals surface area contributed by atoms with Gasteiger partial charge in [0.25, 0.3) is 0 Å². The first-order valence-corrected chi connectivity index (χ1v) is 7.22. The van der Waals surface area contributed by atoms with E-state index in [4.69, 9.17) is 17.3 Å². The fraction of sp³-hybridized carbons (Fsp3) is 0.133. The molecule has 2 rings (SSSR count). The van der Waals surface area contributed by atoms with E-state index in [-0.39, 0.29) is 0 Å². The molecule has 0 saturated carbocycles. The molecule has 0 aliphatic heterocycles. The van der Waals surface area contributed by atoms with Crippen LogP contribution in [-0.4, -0.2) is 5.91 Å². The van der Waals surface area contributed by atoms with Gasteiger partial charge in [-0.15, -0.1) is 0 Å². The van der Waals surface area contributed by atoms with Crippen LogP contribution in [0.2, 0.25) is 5.02 Å². The fourth-order valence-corrected chi connectivity index (χ4v) is 2.43. The van der Waals surface area contributed by atoms with Gasteiger partial charge in [0, 0.05) is 21.6 Å². The summed E-state index contributed by atoms with van der Waals surface area (Å²) >= 11 is 9.44. The summed E-state index contributed by atoms with van der Waals surface area (Å²) in [6, 6.07) is 11.0. The third-order valence-electron chi connectivity index (χ3n) is 3.02. The third kappa shape index (κ3) is 3.52. The number of benzene rings is 2. The molecular formula is C15H14BrClN2O. The molecule has 3 N–H and O–H groups in total. The largest absolute Gasteiger partial charge is 0.380 e. The second-order valence-electron chi connectivity index (χ2n) is 4.48. The van der Waals surface area contributed by atoms with Crippen LogP contribution in [0.1, 0.15) is 21.5 Å². The highest BCUT2D eigenvalue weighted by Crippen LogP contribution is 2.26. The van der Waals surface area contributed by atoms with Crippen LogP contribution in [0.4, 0.5) is 5.69 Å². The lowest BCUT2D eigenvalue weighted by Crippen LogP contribution is -2.11. The van der Waals surface area contributed by atoms with Crippen molar-refractivity contribution in [1.82, 2.24) is 0 Å². The topological polar surface area (TPSA) is 55.1 Å². The van der Waals surface area contributed by atoms with Gasteiger partial charge in [0.2, 0.25) is 5.91 Å². The molecule has 0 atom stereocenters. The van der Waals surface area contributed by atoms with Gasteiger partial charge in [0.1, 0.15) is 0 Å². The molecule has 0 saturated heterocycles. The maximum Gasteiger partial charge on any atom is 0.248 e. The predicted octanol–water partition coefficient (Wildman–Crippen LogP) is 4.12. The Bertz CT molecular complexity index is 658. The number of hydrogen-bond donors (Lipinski definition) is 2. The van der Waals surface area contributed by atoms with Crippen LogP contribution >= 0.6 is 27.5 Å². The number of anilines is 1. The molecule has 5 heteroatoms. The lowest BCUT2D eigenvalue weighted by atomic mass is 10.0. The van der Waals surface area contributed by atoms with Crippen molar-refractivity contribution in [2.24, 2.45) is 5.73 Å². The average Bonchev–Trinajstić information content (AvgIpc) is 2.40. The number of carbonyl (C=O) groups is 1. The van der Waals surface area contributed by atoms with Crippen LogP contribution in [0.25, 0.3) is 0 Å². The molecule has 0 heterocycles. The Morgan fingerprint density at radius 3 is 2.70 bits per heavy atom. The zero-order valence-electron chi connectivity index (χ0n) is 10.9. The Hall–Kier alpha value is -1.52. The summed E-state index contributed by atoms with van der Waals surface area (Å²) in [5, 5.41) is 3.99. The van der Waals surface area contributed by atoms with Crippen molar-refractivity contribution in [1.29, 1.82) is 0 Å². The summed E-state index contributed by atoms with van der Waals surface area (Å²) < 4.78 is 0.952. The first kappa shape index (κ1) is 14.9. The van der Waals surface area contributed by atoms with Gasteiger partial charge in [-0.25, -0.2) is 0 Å². The normalized spacial score (nSPS) is 10.3. The van der Waals surface area contributed by atoms with Gasteiger partial charge in [-0.3, -0.25) is 4.79 Å². The summed E-state index contributed by atoms with van der Waals surface area (Å²) in [5.74, 6) is -0.412. The molecule has 0 aromatic heterocycles. The predicted molar refractivity (Wildman–Crippen MR) is 86.2 cm³/mol. The Labute approximate surface area is 131 Å². The maximum absolute atomic E-state index is 11.1. The highest BCUT2D eigenvalue weighted by Gasteiger charge is 2.05. The second-order valence-corrected chi connectivity index (χ2v) is 5.77. The molecule has 0 bridgehead atoms. The number of carbonyl (C=O) groups excluding carboxylic acids is 1. The molecule has 1 amide bonds. The SMILES string of the molecule is Cc1cc(C(N)=O)ccc1CNc1cc(Cl)ccc1Br. The van der Waals surface area contributed by atoms with Crippen molar-refractivity contribution < 1.29 is 4.79 Å². The zero-order valence-corrected chi connectivity index (χ0v) is 13.3. The molecule has 0 fully saturated rings. The van der Waals surface area contributed by atoms with E-state index < -0.39 is 5.91 Å². The Balaban J connectivity index is 2.15. The number of amides is 1. The van der Waals surface area contributed by atoms with Crippen LogP contribution in [-0.2, 0) is 6.54 Å². The van der Waals surface area contributed by atoms with E-state index in [0.29, 0.717) is 17.1 Å². The summed E-state index contributed by atoms with van der Waals surface area (Å²) in [4.78, 5) is 11.1. The number of nitrogens with one attached hydrogen (secondary N) is 1. The molecule has 104 valence electrons. The molecule has 2 aromatic rings. The zero-order chi connectivity index (χ0) is 14.7. The van der Waals surface area contributed by atoms with Gasteiger partial charge in [0.15, 0.2) is 0 Å². The van der Waals surface area contributed by atoms with E-state index in [9.17, 15) is 4.79 Å². The van der Waals surface area contributed by atoms with Crippen molar-refractivity contribution in [3.8, 4) is 0 Å². The molecule has 0 aliphatic carbocycles. The van der Waals surface area contributed by atoms with Crippen LogP contribution in [0.3, 0.4) is 0 Å². The van der Waals surface area contributed by atoms with E-state index in [2.05, 4.69) is 21.2 Å². The van der Waals surface area contributed by atoms with E-state index in [1.165, 1.54) is 0 Å². The molecule has 0 unspecified atom stereocenters. The van der Waals surface area contributed by atoms with E-state index >= 15 is 0 Å². The monoisotopic (exact) mass is 352 g/mol. The van der Waals surface area contributed by atoms with Crippen LogP contribution in [0, 0.1) is 6.92 Å². The molecule has 0 aliphatic rings. The van der Waals surface area contributed by atoms with Crippen molar-refractivity contribution in [2.45, 2.75) is 13.5 Å². The Kier molecular flexibility index (Phi) is 4.68. The maximum atomic E-state index is 11.1. The first-order chi connectivity index (χ1) is 9.47. The van der Waals surface area contributed by atoms with Crippen LogP contribution in [0.15, 0.2) is 40.9 Å².